The van der Waals surface area contributed by atoms with Gasteiger partial charge in [-0.3, -0.25) is 0 Å². The molecule has 3 rings (SSSR count). The van der Waals surface area contributed by atoms with E-state index in [0.29, 0.717) is 11.7 Å². The summed E-state index contributed by atoms with van der Waals surface area (Å²) in [6.45, 7) is 3.25. The van der Waals surface area contributed by atoms with E-state index < -0.39 is 0 Å². The van der Waals surface area contributed by atoms with Gasteiger partial charge in [-0.15, -0.1) is 0 Å². The quantitative estimate of drug-likeness (QED) is 0.631. The van der Waals surface area contributed by atoms with Crippen LogP contribution in [0.2, 0.25) is 0 Å². The van der Waals surface area contributed by atoms with Crippen molar-refractivity contribution in [3.05, 3.63) is 23.8 Å². The number of fused-ring (bicyclic) bond motifs is 1. The summed E-state index contributed by atoms with van der Waals surface area (Å²) in [5.74, 6) is 1.75. The minimum atomic E-state index is 0.397. The van der Waals surface area contributed by atoms with Gasteiger partial charge in [-0.25, -0.2) is 0 Å². The highest BCUT2D eigenvalue weighted by molar-refractivity contribution is 5.66. The van der Waals surface area contributed by atoms with Crippen LogP contribution in [-0.4, -0.2) is 24.7 Å². The molecule has 1 aromatic rings. The predicted octanol–water partition coefficient (Wildman–Crippen LogP) is 1.90. The van der Waals surface area contributed by atoms with Gasteiger partial charge in [0.1, 0.15) is 5.75 Å². The fourth-order valence-electron chi connectivity index (χ4n) is 3.05. The molecule has 0 saturated carbocycles. The number of phenols is 1. The van der Waals surface area contributed by atoms with Crippen LogP contribution in [0.5, 0.6) is 5.75 Å². The number of para-hydroxylation sites is 1. The molecule has 86 valence electrons. The van der Waals surface area contributed by atoms with Crippen LogP contribution in [-0.2, 0) is 0 Å². The van der Waals surface area contributed by atoms with E-state index in [1.54, 1.807) is 6.07 Å². The van der Waals surface area contributed by atoms with Crippen molar-refractivity contribution in [1.82, 2.24) is 5.32 Å². The van der Waals surface area contributed by atoms with Gasteiger partial charge in [0, 0.05) is 12.5 Å². The number of hydrogen-bond donors (Lipinski definition) is 3. The van der Waals surface area contributed by atoms with E-state index >= 15 is 0 Å². The monoisotopic (exact) mass is 218 g/mol. The second kappa shape index (κ2) is 3.98. The highest BCUT2D eigenvalue weighted by Gasteiger charge is 2.31. The average Bonchev–Trinajstić information content (AvgIpc) is 2.75. The fourth-order valence-corrected chi connectivity index (χ4v) is 3.05. The molecule has 3 nitrogen and oxygen atoms in total. The van der Waals surface area contributed by atoms with Gasteiger partial charge < -0.3 is 15.7 Å². The molecule has 1 unspecified atom stereocenters. The number of hydrogen-bond acceptors (Lipinski definition) is 3. The first-order valence-electron chi connectivity index (χ1n) is 6.13. The molecule has 1 fully saturated rings. The number of piperidine rings is 1. The Bertz CT molecular complexity index is 386. The van der Waals surface area contributed by atoms with Crippen molar-refractivity contribution in [3.63, 3.8) is 0 Å². The predicted molar refractivity (Wildman–Crippen MR) is 64.9 cm³/mol. The summed E-state index contributed by atoms with van der Waals surface area (Å²) in [5.41, 5.74) is 2.28. The molecule has 0 aromatic heterocycles. The zero-order valence-electron chi connectivity index (χ0n) is 9.37. The number of rotatable bonds is 1. The van der Waals surface area contributed by atoms with Crippen molar-refractivity contribution in [1.29, 1.82) is 0 Å². The average molecular weight is 218 g/mol. The Hall–Kier alpha value is -1.22. The molecule has 2 heterocycles. The van der Waals surface area contributed by atoms with Crippen LogP contribution in [0.1, 0.15) is 24.3 Å². The van der Waals surface area contributed by atoms with Gasteiger partial charge in [-0.1, -0.05) is 12.1 Å². The van der Waals surface area contributed by atoms with Crippen LogP contribution in [0, 0.1) is 5.92 Å². The smallest absolute Gasteiger partial charge is 0.138 e. The number of aromatic hydroxyl groups is 1. The number of phenolic OH excluding ortho intramolecular Hbond substituents is 1. The molecule has 0 bridgehead atoms. The summed E-state index contributed by atoms with van der Waals surface area (Å²) in [5, 5.41) is 16.5. The molecule has 0 amide bonds. The third-order valence-electron chi connectivity index (χ3n) is 3.93. The topological polar surface area (TPSA) is 44.3 Å². The van der Waals surface area contributed by atoms with E-state index in [1.807, 2.05) is 6.07 Å². The molecule has 0 radical (unpaired) electrons. The van der Waals surface area contributed by atoms with E-state index in [1.165, 1.54) is 18.4 Å². The van der Waals surface area contributed by atoms with E-state index in [9.17, 15) is 5.11 Å². The summed E-state index contributed by atoms with van der Waals surface area (Å²) in [4.78, 5) is 0. The maximum atomic E-state index is 9.77. The van der Waals surface area contributed by atoms with Gasteiger partial charge in [0.25, 0.3) is 0 Å². The lowest BCUT2D eigenvalue weighted by Gasteiger charge is -2.28. The molecular weight excluding hydrogens is 200 g/mol. The largest absolute Gasteiger partial charge is 0.506 e. The molecule has 3 N–H and O–H groups in total. The van der Waals surface area contributed by atoms with Gasteiger partial charge in [-0.2, -0.15) is 0 Å². The van der Waals surface area contributed by atoms with E-state index in [-0.39, 0.29) is 0 Å². The second-order valence-electron chi connectivity index (χ2n) is 4.82. The molecule has 2 aliphatic heterocycles. The maximum absolute atomic E-state index is 9.77. The molecule has 1 aromatic carbocycles. The lowest BCUT2D eigenvalue weighted by molar-refractivity contribution is 0.330. The third kappa shape index (κ3) is 1.55. The number of benzene rings is 1. The maximum Gasteiger partial charge on any atom is 0.138 e. The Balaban J connectivity index is 1.87. The SMILES string of the molecule is Oc1cccc2c1NCC2C1CCNCC1. The van der Waals surface area contributed by atoms with Crippen LogP contribution >= 0.6 is 0 Å². The number of nitrogens with one attached hydrogen (secondary N) is 2. The summed E-state index contributed by atoms with van der Waals surface area (Å²) in [7, 11) is 0. The molecular formula is C13H18N2O. The Labute approximate surface area is 95.9 Å². The van der Waals surface area contributed by atoms with Crippen molar-refractivity contribution in [2.24, 2.45) is 5.92 Å². The van der Waals surface area contributed by atoms with Crippen LogP contribution < -0.4 is 10.6 Å². The molecule has 1 atom stereocenters. The lowest BCUT2D eigenvalue weighted by Crippen LogP contribution is -2.31. The Kier molecular flexibility index (Phi) is 2.48. The van der Waals surface area contributed by atoms with Crippen molar-refractivity contribution < 1.29 is 5.11 Å². The first kappa shape index (κ1) is 9.97. The van der Waals surface area contributed by atoms with Gasteiger partial charge in [-0.05, 0) is 43.5 Å². The van der Waals surface area contributed by atoms with Crippen LogP contribution in [0.15, 0.2) is 18.2 Å². The Morgan fingerprint density at radius 3 is 2.81 bits per heavy atom. The number of anilines is 1. The van der Waals surface area contributed by atoms with E-state index in [4.69, 9.17) is 0 Å². The second-order valence-corrected chi connectivity index (χ2v) is 4.82. The standard InChI is InChI=1S/C13H18N2O/c16-12-3-1-2-10-11(8-15-13(10)12)9-4-6-14-7-5-9/h1-3,9,11,14-16H,4-8H2. The van der Waals surface area contributed by atoms with Gasteiger partial charge in [0.2, 0.25) is 0 Å². The highest BCUT2D eigenvalue weighted by Crippen LogP contribution is 2.43. The van der Waals surface area contributed by atoms with Gasteiger partial charge in [0.05, 0.1) is 5.69 Å². The molecule has 0 aliphatic carbocycles. The summed E-state index contributed by atoms with van der Waals surface area (Å²) >= 11 is 0. The molecule has 2 aliphatic rings. The van der Waals surface area contributed by atoms with Crippen molar-refractivity contribution in [2.75, 3.05) is 25.0 Å². The first-order chi connectivity index (χ1) is 7.86. The minimum Gasteiger partial charge on any atom is -0.506 e. The van der Waals surface area contributed by atoms with Crippen molar-refractivity contribution in [3.8, 4) is 5.75 Å². The van der Waals surface area contributed by atoms with Crippen molar-refractivity contribution >= 4 is 5.69 Å². The van der Waals surface area contributed by atoms with Gasteiger partial charge in [0.15, 0.2) is 0 Å². The summed E-state index contributed by atoms with van der Waals surface area (Å²) < 4.78 is 0. The highest BCUT2D eigenvalue weighted by atomic mass is 16.3. The third-order valence-corrected chi connectivity index (χ3v) is 3.93. The Morgan fingerprint density at radius 2 is 2.00 bits per heavy atom. The van der Waals surface area contributed by atoms with Crippen LogP contribution in [0.3, 0.4) is 0 Å². The van der Waals surface area contributed by atoms with Crippen molar-refractivity contribution in [2.45, 2.75) is 18.8 Å². The van der Waals surface area contributed by atoms with E-state index in [0.717, 1.165) is 31.2 Å². The van der Waals surface area contributed by atoms with Crippen LogP contribution in [0.4, 0.5) is 5.69 Å². The zero-order chi connectivity index (χ0) is 11.0. The normalized spacial score (nSPS) is 25.1. The Morgan fingerprint density at radius 1 is 1.19 bits per heavy atom. The zero-order valence-corrected chi connectivity index (χ0v) is 9.37. The fraction of sp³-hybridized carbons (Fsp3) is 0.538. The molecule has 3 heteroatoms. The molecule has 0 spiro atoms. The lowest BCUT2D eigenvalue weighted by atomic mass is 9.81. The van der Waals surface area contributed by atoms with Gasteiger partial charge >= 0.3 is 0 Å². The minimum absolute atomic E-state index is 0.397. The molecule has 16 heavy (non-hydrogen) atoms. The first-order valence-corrected chi connectivity index (χ1v) is 6.13. The summed E-state index contributed by atoms with van der Waals surface area (Å²) in [6.07, 6.45) is 2.50. The molecule has 1 saturated heterocycles. The van der Waals surface area contributed by atoms with Crippen LogP contribution in [0.25, 0.3) is 0 Å². The summed E-state index contributed by atoms with van der Waals surface area (Å²) in [6, 6.07) is 5.87. The van der Waals surface area contributed by atoms with E-state index in [2.05, 4.69) is 16.7 Å².